The second kappa shape index (κ2) is 4.79. The fourth-order valence-electron chi connectivity index (χ4n) is 1.57. The molecule has 0 aromatic heterocycles. The number of rotatable bonds is 3. The largest absolute Gasteiger partial charge is 0.483 e. The van der Waals surface area contributed by atoms with Crippen molar-refractivity contribution in [3.05, 3.63) is 28.8 Å². The van der Waals surface area contributed by atoms with Gasteiger partial charge in [-0.05, 0) is 31.9 Å². The molecule has 0 radical (unpaired) electrons. The van der Waals surface area contributed by atoms with Gasteiger partial charge >= 0.3 is 0 Å². The average Bonchev–Trinajstić information content (AvgIpc) is 2.15. The molecule has 1 aromatic carbocycles. The molecule has 0 saturated carbocycles. The molecule has 0 aliphatic heterocycles. The molecular formula is C11H16N2O2. The SMILES string of the molecule is Cc1cc(C)c(OCC(=O)NN)c(C)c1. The zero-order valence-corrected chi connectivity index (χ0v) is 9.26. The first-order valence-electron chi connectivity index (χ1n) is 4.74. The summed E-state index contributed by atoms with van der Waals surface area (Å²) in [4.78, 5) is 10.9. The van der Waals surface area contributed by atoms with Crippen LogP contribution >= 0.6 is 0 Å². The van der Waals surface area contributed by atoms with Gasteiger partial charge in [0.25, 0.3) is 5.91 Å². The highest BCUT2D eigenvalue weighted by Gasteiger charge is 2.06. The number of nitrogens with one attached hydrogen (secondary N) is 1. The van der Waals surface area contributed by atoms with Crippen molar-refractivity contribution in [1.29, 1.82) is 0 Å². The van der Waals surface area contributed by atoms with E-state index in [1.165, 1.54) is 5.56 Å². The van der Waals surface area contributed by atoms with E-state index in [1.54, 1.807) is 0 Å². The number of carbonyl (C=O) groups excluding carboxylic acids is 1. The quantitative estimate of drug-likeness (QED) is 0.442. The summed E-state index contributed by atoms with van der Waals surface area (Å²) in [5.41, 5.74) is 5.25. The number of ether oxygens (including phenoxy) is 1. The minimum Gasteiger partial charge on any atom is -0.483 e. The minimum absolute atomic E-state index is 0.0543. The molecule has 0 bridgehead atoms. The highest BCUT2D eigenvalue weighted by molar-refractivity contribution is 5.76. The average molecular weight is 208 g/mol. The molecule has 0 aliphatic carbocycles. The van der Waals surface area contributed by atoms with Gasteiger partial charge in [0.1, 0.15) is 5.75 Å². The van der Waals surface area contributed by atoms with Crippen LogP contribution in [0.15, 0.2) is 12.1 Å². The van der Waals surface area contributed by atoms with Gasteiger partial charge in [-0.3, -0.25) is 10.2 Å². The Morgan fingerprint density at radius 2 is 1.87 bits per heavy atom. The topological polar surface area (TPSA) is 64.3 Å². The smallest absolute Gasteiger partial charge is 0.271 e. The van der Waals surface area contributed by atoms with Crippen LogP contribution in [0.5, 0.6) is 5.75 Å². The fourth-order valence-corrected chi connectivity index (χ4v) is 1.57. The number of amides is 1. The van der Waals surface area contributed by atoms with Crippen molar-refractivity contribution in [3.63, 3.8) is 0 Å². The summed E-state index contributed by atoms with van der Waals surface area (Å²) >= 11 is 0. The zero-order chi connectivity index (χ0) is 11.4. The van der Waals surface area contributed by atoms with Crippen molar-refractivity contribution in [2.24, 2.45) is 5.84 Å². The van der Waals surface area contributed by atoms with Crippen LogP contribution in [0.2, 0.25) is 0 Å². The van der Waals surface area contributed by atoms with Gasteiger partial charge in [-0.15, -0.1) is 0 Å². The maximum atomic E-state index is 10.9. The molecule has 0 fully saturated rings. The molecule has 0 heterocycles. The standard InChI is InChI=1S/C11H16N2O2/c1-7-4-8(2)11(9(3)5-7)15-6-10(14)13-12/h4-5H,6,12H2,1-3H3,(H,13,14). The lowest BCUT2D eigenvalue weighted by Gasteiger charge is -2.12. The Morgan fingerprint density at radius 1 is 1.33 bits per heavy atom. The maximum Gasteiger partial charge on any atom is 0.271 e. The van der Waals surface area contributed by atoms with Crippen molar-refractivity contribution in [1.82, 2.24) is 5.43 Å². The van der Waals surface area contributed by atoms with Crippen LogP contribution in [-0.4, -0.2) is 12.5 Å². The van der Waals surface area contributed by atoms with Crippen molar-refractivity contribution >= 4 is 5.91 Å². The molecule has 82 valence electrons. The number of hydrogen-bond donors (Lipinski definition) is 2. The fraction of sp³-hybridized carbons (Fsp3) is 0.364. The van der Waals surface area contributed by atoms with Gasteiger partial charge in [0.2, 0.25) is 0 Å². The highest BCUT2D eigenvalue weighted by atomic mass is 16.5. The summed E-state index contributed by atoms with van der Waals surface area (Å²) in [5, 5.41) is 0. The van der Waals surface area contributed by atoms with E-state index in [9.17, 15) is 4.79 Å². The molecule has 4 heteroatoms. The highest BCUT2D eigenvalue weighted by Crippen LogP contribution is 2.24. The van der Waals surface area contributed by atoms with Gasteiger partial charge in [0.15, 0.2) is 6.61 Å². The van der Waals surface area contributed by atoms with Crippen molar-refractivity contribution in [3.8, 4) is 5.75 Å². The van der Waals surface area contributed by atoms with Gasteiger partial charge in [-0.25, -0.2) is 5.84 Å². The number of aryl methyl sites for hydroxylation is 3. The summed E-state index contributed by atoms with van der Waals surface area (Å²) in [7, 11) is 0. The van der Waals surface area contributed by atoms with Crippen LogP contribution in [0.1, 0.15) is 16.7 Å². The van der Waals surface area contributed by atoms with Gasteiger partial charge in [0, 0.05) is 0 Å². The van der Waals surface area contributed by atoms with Crippen LogP contribution in [-0.2, 0) is 4.79 Å². The second-order valence-electron chi connectivity index (χ2n) is 3.58. The predicted octanol–water partition coefficient (Wildman–Crippen LogP) is 0.981. The van der Waals surface area contributed by atoms with Gasteiger partial charge in [-0.2, -0.15) is 0 Å². The van der Waals surface area contributed by atoms with E-state index in [-0.39, 0.29) is 12.5 Å². The number of hydrogen-bond acceptors (Lipinski definition) is 3. The lowest BCUT2D eigenvalue weighted by molar-refractivity contribution is -0.123. The Kier molecular flexibility index (Phi) is 3.68. The first-order valence-corrected chi connectivity index (χ1v) is 4.74. The van der Waals surface area contributed by atoms with Gasteiger partial charge < -0.3 is 4.74 Å². The Bertz CT molecular complexity index is 352. The van der Waals surface area contributed by atoms with Gasteiger partial charge in [-0.1, -0.05) is 17.7 Å². The molecule has 1 aromatic rings. The van der Waals surface area contributed by atoms with E-state index in [0.717, 1.165) is 16.9 Å². The molecule has 0 spiro atoms. The zero-order valence-electron chi connectivity index (χ0n) is 9.26. The van der Waals surface area contributed by atoms with Crippen LogP contribution in [0.3, 0.4) is 0 Å². The van der Waals surface area contributed by atoms with Crippen LogP contribution < -0.4 is 16.0 Å². The van der Waals surface area contributed by atoms with Gasteiger partial charge in [0.05, 0.1) is 0 Å². The van der Waals surface area contributed by atoms with E-state index in [0.29, 0.717) is 0 Å². The predicted molar refractivity (Wildman–Crippen MR) is 58.5 cm³/mol. The Labute approximate surface area is 89.4 Å². The molecule has 0 atom stereocenters. The number of carbonyl (C=O) groups is 1. The first kappa shape index (κ1) is 11.5. The minimum atomic E-state index is -0.339. The molecule has 0 aliphatic rings. The summed E-state index contributed by atoms with van der Waals surface area (Å²) in [6, 6.07) is 4.03. The van der Waals surface area contributed by atoms with Crippen LogP contribution in [0, 0.1) is 20.8 Å². The third kappa shape index (κ3) is 2.95. The van der Waals surface area contributed by atoms with Crippen LogP contribution in [0.25, 0.3) is 0 Å². The van der Waals surface area contributed by atoms with Crippen molar-refractivity contribution in [2.75, 3.05) is 6.61 Å². The lowest BCUT2D eigenvalue weighted by Crippen LogP contribution is -2.34. The normalized spacial score (nSPS) is 9.87. The second-order valence-corrected chi connectivity index (χ2v) is 3.58. The third-order valence-electron chi connectivity index (χ3n) is 2.11. The summed E-state index contributed by atoms with van der Waals surface area (Å²) in [5.74, 6) is 5.37. The summed E-state index contributed by atoms with van der Waals surface area (Å²) in [6.45, 7) is 5.88. The lowest BCUT2D eigenvalue weighted by atomic mass is 10.1. The molecule has 1 amide bonds. The van der Waals surface area contributed by atoms with Crippen LogP contribution in [0.4, 0.5) is 0 Å². The summed E-state index contributed by atoms with van der Waals surface area (Å²) in [6.07, 6.45) is 0. The number of nitrogens with two attached hydrogens (primary N) is 1. The summed E-state index contributed by atoms with van der Waals surface area (Å²) < 4.78 is 5.38. The van der Waals surface area contributed by atoms with E-state index >= 15 is 0 Å². The molecule has 15 heavy (non-hydrogen) atoms. The van der Waals surface area contributed by atoms with E-state index in [2.05, 4.69) is 0 Å². The first-order chi connectivity index (χ1) is 7.04. The molecule has 3 N–H and O–H groups in total. The van der Waals surface area contributed by atoms with E-state index in [4.69, 9.17) is 10.6 Å². The number of benzene rings is 1. The molecule has 4 nitrogen and oxygen atoms in total. The molecular weight excluding hydrogens is 192 g/mol. The third-order valence-corrected chi connectivity index (χ3v) is 2.11. The Morgan fingerprint density at radius 3 is 2.33 bits per heavy atom. The van der Waals surface area contributed by atoms with E-state index < -0.39 is 0 Å². The monoisotopic (exact) mass is 208 g/mol. The Hall–Kier alpha value is -1.55. The maximum absolute atomic E-state index is 10.9. The van der Waals surface area contributed by atoms with E-state index in [1.807, 2.05) is 38.3 Å². The number of hydrazine groups is 1. The van der Waals surface area contributed by atoms with Crippen molar-refractivity contribution in [2.45, 2.75) is 20.8 Å². The molecule has 0 saturated heterocycles. The van der Waals surface area contributed by atoms with Crippen molar-refractivity contribution < 1.29 is 9.53 Å². The molecule has 1 rings (SSSR count). The molecule has 0 unspecified atom stereocenters. The Balaban J connectivity index is 2.81.